The molecule has 1 fully saturated rings. The van der Waals surface area contributed by atoms with Crippen LogP contribution in [-0.4, -0.2) is 44.8 Å². The monoisotopic (exact) mass is 321 g/mol. The summed E-state index contributed by atoms with van der Waals surface area (Å²) in [5.41, 5.74) is 0.680. The minimum atomic E-state index is -0.201. The van der Waals surface area contributed by atoms with Crippen LogP contribution < -0.4 is 20.7 Å². The van der Waals surface area contributed by atoms with Gasteiger partial charge in [-0.25, -0.2) is 4.79 Å². The summed E-state index contributed by atoms with van der Waals surface area (Å²) < 4.78 is 10.8. The number of anilines is 1. The zero-order chi connectivity index (χ0) is 16.5. The number of rotatable bonds is 7. The average molecular weight is 321 g/mol. The number of nitrogens with one attached hydrogen (secondary N) is 3. The van der Waals surface area contributed by atoms with E-state index in [1.807, 2.05) is 0 Å². The van der Waals surface area contributed by atoms with Crippen molar-refractivity contribution in [2.24, 2.45) is 5.92 Å². The van der Waals surface area contributed by atoms with Gasteiger partial charge < -0.3 is 25.4 Å². The quantitative estimate of drug-likeness (QED) is 0.662. The minimum Gasteiger partial charge on any atom is -0.492 e. The van der Waals surface area contributed by atoms with Crippen LogP contribution in [0.15, 0.2) is 24.3 Å². The second kappa shape index (κ2) is 8.99. The maximum atomic E-state index is 11.6. The Morgan fingerprint density at radius 2 is 2.22 bits per heavy atom. The van der Waals surface area contributed by atoms with Crippen LogP contribution >= 0.6 is 0 Å². The summed E-state index contributed by atoms with van der Waals surface area (Å²) in [4.78, 5) is 22.6. The van der Waals surface area contributed by atoms with E-state index in [0.717, 1.165) is 13.0 Å². The summed E-state index contributed by atoms with van der Waals surface area (Å²) in [6.07, 6.45) is 0.994. The Balaban J connectivity index is 1.60. The largest absolute Gasteiger partial charge is 0.492 e. The van der Waals surface area contributed by atoms with Crippen molar-refractivity contribution in [3.63, 3.8) is 0 Å². The van der Waals surface area contributed by atoms with Crippen LogP contribution in [-0.2, 0) is 9.53 Å². The van der Waals surface area contributed by atoms with Crippen LogP contribution in [0.4, 0.5) is 10.5 Å². The van der Waals surface area contributed by atoms with Gasteiger partial charge in [0.05, 0.1) is 13.2 Å². The minimum absolute atomic E-state index is 0.131. The number of ether oxygens (including phenoxy) is 2. The number of amides is 3. The van der Waals surface area contributed by atoms with Gasteiger partial charge in [0.2, 0.25) is 5.91 Å². The summed E-state index contributed by atoms with van der Waals surface area (Å²) in [6.45, 7) is 4.33. The maximum Gasteiger partial charge on any atom is 0.314 e. The summed E-state index contributed by atoms with van der Waals surface area (Å²) in [7, 11) is 0. The molecule has 0 spiro atoms. The number of hydrogen-bond acceptors (Lipinski definition) is 4. The molecule has 1 aromatic rings. The van der Waals surface area contributed by atoms with Crippen molar-refractivity contribution in [2.75, 3.05) is 38.2 Å². The maximum absolute atomic E-state index is 11.6. The van der Waals surface area contributed by atoms with Crippen LogP contribution in [0.3, 0.4) is 0 Å². The highest BCUT2D eigenvalue weighted by molar-refractivity contribution is 5.88. The highest BCUT2D eigenvalue weighted by atomic mass is 16.5. The fraction of sp³-hybridized carbons (Fsp3) is 0.500. The number of carbonyl (C=O) groups excluding carboxylic acids is 2. The van der Waals surface area contributed by atoms with Gasteiger partial charge in [-0.1, -0.05) is 6.07 Å². The van der Waals surface area contributed by atoms with Gasteiger partial charge in [0.25, 0.3) is 0 Å². The number of hydrogen-bond donors (Lipinski definition) is 3. The lowest BCUT2D eigenvalue weighted by Gasteiger charge is -2.12. The molecule has 0 aliphatic carbocycles. The van der Waals surface area contributed by atoms with E-state index in [4.69, 9.17) is 9.47 Å². The van der Waals surface area contributed by atoms with Crippen LogP contribution in [0.5, 0.6) is 5.75 Å². The van der Waals surface area contributed by atoms with Gasteiger partial charge in [-0.2, -0.15) is 0 Å². The van der Waals surface area contributed by atoms with Crippen molar-refractivity contribution >= 4 is 17.6 Å². The first-order valence-corrected chi connectivity index (χ1v) is 7.73. The molecule has 0 unspecified atom stereocenters. The molecule has 3 amide bonds. The normalized spacial score (nSPS) is 16.7. The van der Waals surface area contributed by atoms with E-state index in [0.29, 0.717) is 43.7 Å². The molecule has 0 radical (unpaired) electrons. The lowest BCUT2D eigenvalue weighted by Crippen LogP contribution is -2.40. The standard InChI is InChI=1S/C16H23N3O4/c1-12(20)19-14-3-2-4-15(9-14)23-8-6-17-16(21)18-10-13-5-7-22-11-13/h2-4,9,13H,5-8,10-11H2,1H3,(H,19,20)(H2,17,18,21)/t13-/m0/s1. The SMILES string of the molecule is CC(=O)Nc1cccc(OCCNC(=O)NC[C@@H]2CCOC2)c1. The molecule has 1 aliphatic rings. The van der Waals surface area contributed by atoms with E-state index in [-0.39, 0.29) is 11.9 Å². The van der Waals surface area contributed by atoms with E-state index >= 15 is 0 Å². The third-order valence-electron chi connectivity index (χ3n) is 3.39. The first kappa shape index (κ1) is 17.1. The van der Waals surface area contributed by atoms with E-state index in [9.17, 15) is 9.59 Å². The lowest BCUT2D eigenvalue weighted by atomic mass is 10.1. The van der Waals surface area contributed by atoms with Gasteiger partial charge in [0, 0.05) is 37.7 Å². The number of urea groups is 1. The highest BCUT2D eigenvalue weighted by Gasteiger charge is 2.15. The van der Waals surface area contributed by atoms with E-state index in [1.54, 1.807) is 24.3 Å². The van der Waals surface area contributed by atoms with Crippen molar-refractivity contribution in [3.8, 4) is 5.75 Å². The molecule has 7 nitrogen and oxygen atoms in total. The Hall–Kier alpha value is -2.28. The fourth-order valence-electron chi connectivity index (χ4n) is 2.24. The molecule has 1 aromatic carbocycles. The van der Waals surface area contributed by atoms with Crippen molar-refractivity contribution in [3.05, 3.63) is 24.3 Å². The Kier molecular flexibility index (Phi) is 6.68. The van der Waals surface area contributed by atoms with E-state index in [2.05, 4.69) is 16.0 Å². The topological polar surface area (TPSA) is 88.7 Å². The molecule has 2 rings (SSSR count). The predicted octanol–water partition coefficient (Wildman–Crippen LogP) is 1.36. The van der Waals surface area contributed by atoms with Gasteiger partial charge in [0.1, 0.15) is 12.4 Å². The van der Waals surface area contributed by atoms with Gasteiger partial charge in [-0.15, -0.1) is 0 Å². The van der Waals surface area contributed by atoms with Crippen molar-refractivity contribution in [1.82, 2.24) is 10.6 Å². The Labute approximate surface area is 135 Å². The first-order chi connectivity index (χ1) is 11.1. The molecule has 0 saturated carbocycles. The van der Waals surface area contributed by atoms with Gasteiger partial charge in [-0.05, 0) is 18.6 Å². The average Bonchev–Trinajstić information content (AvgIpc) is 3.03. The van der Waals surface area contributed by atoms with Crippen LogP contribution in [0.25, 0.3) is 0 Å². The molecule has 1 heterocycles. The van der Waals surface area contributed by atoms with Crippen molar-refractivity contribution in [2.45, 2.75) is 13.3 Å². The highest BCUT2D eigenvalue weighted by Crippen LogP contribution is 2.17. The third kappa shape index (κ3) is 6.56. The second-order valence-electron chi connectivity index (χ2n) is 5.42. The van der Waals surface area contributed by atoms with Crippen LogP contribution in [0, 0.1) is 5.92 Å². The Morgan fingerprint density at radius 1 is 1.35 bits per heavy atom. The summed E-state index contributed by atoms with van der Waals surface area (Å²) in [5, 5.41) is 8.25. The number of carbonyl (C=O) groups is 2. The molecule has 1 saturated heterocycles. The molecular formula is C16H23N3O4. The number of benzene rings is 1. The molecule has 3 N–H and O–H groups in total. The predicted molar refractivity (Wildman–Crippen MR) is 86.6 cm³/mol. The van der Waals surface area contributed by atoms with Crippen LogP contribution in [0.2, 0.25) is 0 Å². The fourth-order valence-corrected chi connectivity index (χ4v) is 2.24. The molecule has 0 bridgehead atoms. The summed E-state index contributed by atoms with van der Waals surface area (Å²) in [5.74, 6) is 0.920. The third-order valence-corrected chi connectivity index (χ3v) is 3.39. The second-order valence-corrected chi connectivity index (χ2v) is 5.42. The molecule has 1 atom stereocenters. The molecule has 0 aromatic heterocycles. The van der Waals surface area contributed by atoms with Crippen molar-refractivity contribution in [1.29, 1.82) is 0 Å². The van der Waals surface area contributed by atoms with E-state index in [1.165, 1.54) is 6.92 Å². The summed E-state index contributed by atoms with van der Waals surface area (Å²) in [6, 6.07) is 6.91. The molecular weight excluding hydrogens is 298 g/mol. The lowest BCUT2D eigenvalue weighted by molar-refractivity contribution is -0.114. The zero-order valence-corrected chi connectivity index (χ0v) is 13.3. The van der Waals surface area contributed by atoms with Crippen molar-refractivity contribution < 1.29 is 19.1 Å². The van der Waals surface area contributed by atoms with Crippen LogP contribution in [0.1, 0.15) is 13.3 Å². The molecule has 7 heteroatoms. The first-order valence-electron chi connectivity index (χ1n) is 7.73. The zero-order valence-electron chi connectivity index (χ0n) is 13.3. The Morgan fingerprint density at radius 3 is 2.96 bits per heavy atom. The molecule has 126 valence electrons. The molecule has 1 aliphatic heterocycles. The van der Waals surface area contributed by atoms with Gasteiger partial charge in [-0.3, -0.25) is 4.79 Å². The van der Waals surface area contributed by atoms with Gasteiger partial charge >= 0.3 is 6.03 Å². The smallest absolute Gasteiger partial charge is 0.314 e. The molecule has 23 heavy (non-hydrogen) atoms. The van der Waals surface area contributed by atoms with Gasteiger partial charge in [0.15, 0.2) is 0 Å². The van der Waals surface area contributed by atoms with E-state index < -0.39 is 0 Å². The Bertz CT molecular complexity index is 530. The summed E-state index contributed by atoms with van der Waals surface area (Å²) >= 11 is 0.